The SMILES string of the molecule is C=C[CH+]CF. The summed E-state index contributed by atoms with van der Waals surface area (Å²) in [5, 5.41) is 0. The molecule has 0 aliphatic heterocycles. The molecule has 0 radical (unpaired) electrons. The molecule has 0 nitrogen and oxygen atoms in total. The van der Waals surface area contributed by atoms with E-state index in [1.165, 1.54) is 12.5 Å². The van der Waals surface area contributed by atoms with Crippen molar-refractivity contribution in [1.29, 1.82) is 0 Å². The summed E-state index contributed by atoms with van der Waals surface area (Å²) in [6.07, 6.45) is 2.78. The quantitative estimate of drug-likeness (QED) is 0.433. The van der Waals surface area contributed by atoms with Gasteiger partial charge >= 0.3 is 0 Å². The first-order valence-electron chi connectivity index (χ1n) is 1.42. The van der Waals surface area contributed by atoms with Crippen LogP contribution >= 0.6 is 0 Å². The van der Waals surface area contributed by atoms with Crippen LogP contribution in [0, 0.1) is 6.42 Å². The highest BCUT2D eigenvalue weighted by Crippen LogP contribution is 1.73. The van der Waals surface area contributed by atoms with E-state index in [0.717, 1.165) is 0 Å². The molecule has 0 aromatic carbocycles. The first-order chi connectivity index (χ1) is 2.41. The van der Waals surface area contributed by atoms with E-state index in [1.54, 1.807) is 0 Å². The molecule has 0 heterocycles. The Morgan fingerprint density at radius 2 is 2.60 bits per heavy atom. The molecule has 0 saturated heterocycles. The Bertz CT molecular complexity index is 24.8. The Kier molecular flexibility index (Phi) is 3.21. The van der Waals surface area contributed by atoms with Gasteiger partial charge in [-0.3, -0.25) is 0 Å². The highest BCUT2D eigenvalue weighted by molar-refractivity contribution is 4.84. The highest BCUT2D eigenvalue weighted by Gasteiger charge is 1.75. The zero-order chi connectivity index (χ0) is 4.12. The van der Waals surface area contributed by atoms with Crippen molar-refractivity contribution in [2.24, 2.45) is 0 Å². The normalized spacial score (nSPS) is 6.60. The average Bonchev–Trinajstić information content (AvgIpc) is 1.41. The summed E-state index contributed by atoms with van der Waals surface area (Å²) >= 11 is 0. The van der Waals surface area contributed by atoms with Gasteiger partial charge in [0, 0.05) is 6.58 Å². The molecule has 28 valence electrons. The first-order valence-corrected chi connectivity index (χ1v) is 1.42. The molecule has 1 heteroatoms. The summed E-state index contributed by atoms with van der Waals surface area (Å²) in [4.78, 5) is 0. The Hall–Kier alpha value is -0.460. The Morgan fingerprint density at radius 3 is 2.60 bits per heavy atom. The maximum absolute atomic E-state index is 10.9. The molecule has 0 rings (SSSR count). The summed E-state index contributed by atoms with van der Waals surface area (Å²) in [5.74, 6) is 0. The fourth-order valence-corrected chi connectivity index (χ4v) is 0.0630. The molecule has 0 atom stereocenters. The van der Waals surface area contributed by atoms with Gasteiger partial charge in [0.15, 0.2) is 6.67 Å². The van der Waals surface area contributed by atoms with Crippen LogP contribution in [0.2, 0.25) is 0 Å². The summed E-state index contributed by atoms with van der Waals surface area (Å²) in [7, 11) is 0. The van der Waals surface area contributed by atoms with Crippen molar-refractivity contribution in [2.75, 3.05) is 6.67 Å². The lowest BCUT2D eigenvalue weighted by molar-refractivity contribution is 0.546. The highest BCUT2D eigenvalue weighted by atomic mass is 19.1. The van der Waals surface area contributed by atoms with E-state index in [4.69, 9.17) is 0 Å². The third kappa shape index (κ3) is 3.54. The number of allylic oxidation sites excluding steroid dienone is 1. The molecule has 5 heavy (non-hydrogen) atoms. The number of hydrogen-bond acceptors (Lipinski definition) is 0. The van der Waals surface area contributed by atoms with E-state index < -0.39 is 6.67 Å². The van der Waals surface area contributed by atoms with E-state index in [0.29, 0.717) is 0 Å². The second-order valence-corrected chi connectivity index (χ2v) is 0.626. The second kappa shape index (κ2) is 3.54. The summed E-state index contributed by atoms with van der Waals surface area (Å²) in [6, 6.07) is 0. The topological polar surface area (TPSA) is 0 Å². The van der Waals surface area contributed by atoms with Crippen LogP contribution in [-0.4, -0.2) is 6.67 Å². The maximum Gasteiger partial charge on any atom is 0.172 e. The van der Waals surface area contributed by atoms with Crippen molar-refractivity contribution in [1.82, 2.24) is 0 Å². The van der Waals surface area contributed by atoms with E-state index in [-0.39, 0.29) is 0 Å². The molecule has 0 aliphatic carbocycles. The van der Waals surface area contributed by atoms with E-state index >= 15 is 0 Å². The summed E-state index contributed by atoms with van der Waals surface area (Å²) < 4.78 is 10.9. The van der Waals surface area contributed by atoms with Gasteiger partial charge in [-0.25, -0.2) is 4.39 Å². The van der Waals surface area contributed by atoms with Crippen LogP contribution in [-0.2, 0) is 0 Å². The number of alkyl halides is 1. The molecular weight excluding hydrogens is 67.0 g/mol. The van der Waals surface area contributed by atoms with E-state index in [1.807, 2.05) is 0 Å². The van der Waals surface area contributed by atoms with Crippen molar-refractivity contribution < 1.29 is 4.39 Å². The van der Waals surface area contributed by atoms with Crippen molar-refractivity contribution in [3.05, 3.63) is 19.1 Å². The van der Waals surface area contributed by atoms with E-state index in [9.17, 15) is 4.39 Å². The van der Waals surface area contributed by atoms with Crippen LogP contribution in [0.15, 0.2) is 12.7 Å². The molecule has 0 aromatic heterocycles. The van der Waals surface area contributed by atoms with Crippen LogP contribution in [0.3, 0.4) is 0 Å². The molecule has 0 amide bonds. The Balaban J connectivity index is 2.40. The lowest BCUT2D eigenvalue weighted by Gasteiger charge is -1.60. The molecule has 0 unspecified atom stereocenters. The number of halogens is 1. The summed E-state index contributed by atoms with van der Waals surface area (Å²) in [6.45, 7) is 2.86. The van der Waals surface area contributed by atoms with Gasteiger partial charge < -0.3 is 0 Å². The van der Waals surface area contributed by atoms with Crippen LogP contribution in [0.25, 0.3) is 0 Å². The van der Waals surface area contributed by atoms with Gasteiger partial charge in [-0.15, -0.1) is 0 Å². The minimum atomic E-state index is -0.399. The Morgan fingerprint density at radius 1 is 2.00 bits per heavy atom. The number of rotatable bonds is 2. The van der Waals surface area contributed by atoms with Crippen LogP contribution in [0.4, 0.5) is 4.39 Å². The maximum atomic E-state index is 10.9. The predicted molar refractivity (Wildman–Crippen MR) is 20.5 cm³/mol. The van der Waals surface area contributed by atoms with Crippen LogP contribution in [0.1, 0.15) is 0 Å². The Labute approximate surface area is 31.3 Å². The van der Waals surface area contributed by atoms with Crippen molar-refractivity contribution in [3.8, 4) is 0 Å². The molecular formula is C4H6F+. The van der Waals surface area contributed by atoms with Gasteiger partial charge in [0.2, 0.25) is 0 Å². The smallest absolute Gasteiger partial charge is 0.172 e. The third-order valence-electron chi connectivity index (χ3n) is 0.256. The lowest BCUT2D eigenvalue weighted by atomic mass is 10.5. The summed E-state index contributed by atoms with van der Waals surface area (Å²) in [5.41, 5.74) is 0. The van der Waals surface area contributed by atoms with Gasteiger partial charge in [-0.05, 0) is 0 Å². The molecule has 0 aliphatic rings. The zero-order valence-corrected chi connectivity index (χ0v) is 2.95. The second-order valence-electron chi connectivity index (χ2n) is 0.626. The van der Waals surface area contributed by atoms with Gasteiger partial charge in [0.25, 0.3) is 0 Å². The molecule has 0 saturated carbocycles. The fourth-order valence-electron chi connectivity index (χ4n) is 0.0630. The molecule has 0 spiro atoms. The van der Waals surface area contributed by atoms with Gasteiger partial charge in [0.05, 0.1) is 12.5 Å². The third-order valence-corrected chi connectivity index (χ3v) is 0.256. The van der Waals surface area contributed by atoms with Crippen molar-refractivity contribution >= 4 is 0 Å². The van der Waals surface area contributed by atoms with Gasteiger partial charge in [0.1, 0.15) is 0 Å². The predicted octanol–water partition coefficient (Wildman–Crippen LogP) is 1.35. The molecule has 0 N–H and O–H groups in total. The van der Waals surface area contributed by atoms with Gasteiger partial charge in [-0.1, -0.05) is 0 Å². The lowest BCUT2D eigenvalue weighted by Crippen LogP contribution is -1.64. The van der Waals surface area contributed by atoms with Crippen LogP contribution < -0.4 is 0 Å². The molecule has 0 fully saturated rings. The minimum Gasteiger partial charge on any atom is -0.223 e. The monoisotopic (exact) mass is 73.0 g/mol. The van der Waals surface area contributed by atoms with Crippen LogP contribution in [0.5, 0.6) is 0 Å². The minimum absolute atomic E-state index is 0.399. The molecule has 0 bridgehead atoms. The van der Waals surface area contributed by atoms with E-state index in [2.05, 4.69) is 6.58 Å². The van der Waals surface area contributed by atoms with Crippen molar-refractivity contribution in [3.63, 3.8) is 0 Å². The average molecular weight is 73.1 g/mol. The number of hydrogen-bond donors (Lipinski definition) is 0. The van der Waals surface area contributed by atoms with Gasteiger partial charge in [-0.2, -0.15) is 0 Å². The first kappa shape index (κ1) is 4.54. The van der Waals surface area contributed by atoms with Crippen molar-refractivity contribution in [2.45, 2.75) is 0 Å². The molecule has 0 aromatic rings. The standard InChI is InChI=1S/C4H6F/c1-2-3-4-5/h2-3H,1,4H2/q+1. The fraction of sp³-hybridized carbons (Fsp3) is 0.250. The zero-order valence-electron chi connectivity index (χ0n) is 2.95. The largest absolute Gasteiger partial charge is 0.223 e.